The Bertz CT molecular complexity index is 523. The van der Waals surface area contributed by atoms with Gasteiger partial charge in [0.25, 0.3) is 0 Å². The summed E-state index contributed by atoms with van der Waals surface area (Å²) in [5.74, 6) is 0. The van der Waals surface area contributed by atoms with E-state index in [0.717, 1.165) is 24.2 Å². The molecule has 0 atom stereocenters. The van der Waals surface area contributed by atoms with Crippen molar-refractivity contribution < 1.29 is 0 Å². The molecule has 92 valence electrons. The fourth-order valence-electron chi connectivity index (χ4n) is 2.44. The van der Waals surface area contributed by atoms with Crippen molar-refractivity contribution in [2.75, 3.05) is 11.9 Å². The minimum atomic E-state index is 0.981. The largest absolute Gasteiger partial charge is 0.383 e. The summed E-state index contributed by atoms with van der Waals surface area (Å²) >= 11 is 0. The molecule has 18 heavy (non-hydrogen) atoms. The highest BCUT2D eigenvalue weighted by Crippen LogP contribution is 2.30. The highest BCUT2D eigenvalue weighted by Gasteiger charge is 2.13. The van der Waals surface area contributed by atoms with Crippen LogP contribution in [0.3, 0.4) is 0 Å². The third kappa shape index (κ3) is 2.21. The molecule has 0 unspecified atom stereocenters. The van der Waals surface area contributed by atoms with E-state index < -0.39 is 0 Å². The third-order valence-electron chi connectivity index (χ3n) is 3.40. The standard InChI is InChI=1S/C15H17N3/c1-3-7-12(8-4-1)15-14-13(11-17-18-15)9-5-2-6-10-16-14/h1,3-4,7-8,11,16H,2,5-6,9-10H2. The van der Waals surface area contributed by atoms with E-state index in [9.17, 15) is 0 Å². The Morgan fingerprint density at radius 2 is 1.89 bits per heavy atom. The molecule has 1 aromatic heterocycles. The van der Waals surface area contributed by atoms with Crippen LogP contribution in [0.2, 0.25) is 0 Å². The zero-order valence-electron chi connectivity index (χ0n) is 10.4. The SMILES string of the molecule is c1ccc(-c2nncc3c2NCCCCC3)cc1. The molecule has 0 fully saturated rings. The summed E-state index contributed by atoms with van der Waals surface area (Å²) in [5.41, 5.74) is 4.59. The van der Waals surface area contributed by atoms with E-state index in [1.54, 1.807) is 0 Å². The summed E-state index contributed by atoms with van der Waals surface area (Å²) in [7, 11) is 0. The van der Waals surface area contributed by atoms with Gasteiger partial charge in [0.1, 0.15) is 5.69 Å². The summed E-state index contributed by atoms with van der Waals surface area (Å²) in [6.07, 6.45) is 6.76. The Labute approximate surface area is 107 Å². The minimum Gasteiger partial charge on any atom is -0.383 e. The second-order valence-electron chi connectivity index (χ2n) is 4.70. The maximum atomic E-state index is 4.32. The molecule has 3 rings (SSSR count). The lowest BCUT2D eigenvalue weighted by Gasteiger charge is -2.17. The monoisotopic (exact) mass is 239 g/mol. The molecular formula is C15H17N3. The molecule has 0 radical (unpaired) electrons. The minimum absolute atomic E-state index is 0.981. The summed E-state index contributed by atoms with van der Waals surface area (Å²) in [6, 6.07) is 10.3. The number of hydrogen-bond acceptors (Lipinski definition) is 3. The smallest absolute Gasteiger partial charge is 0.116 e. The van der Waals surface area contributed by atoms with E-state index in [4.69, 9.17) is 0 Å². The molecule has 0 spiro atoms. The summed E-state index contributed by atoms with van der Waals surface area (Å²) in [4.78, 5) is 0. The first-order chi connectivity index (χ1) is 8.95. The van der Waals surface area contributed by atoms with Gasteiger partial charge in [-0.05, 0) is 24.8 Å². The molecule has 3 nitrogen and oxygen atoms in total. The van der Waals surface area contributed by atoms with E-state index in [2.05, 4.69) is 27.6 Å². The number of anilines is 1. The highest BCUT2D eigenvalue weighted by molar-refractivity contribution is 5.76. The normalized spacial score (nSPS) is 15.1. The van der Waals surface area contributed by atoms with Crippen LogP contribution in [0, 0.1) is 0 Å². The lowest BCUT2D eigenvalue weighted by molar-refractivity contribution is 0.683. The second kappa shape index (κ2) is 5.17. The molecule has 0 aliphatic carbocycles. The van der Waals surface area contributed by atoms with Crippen LogP contribution in [-0.2, 0) is 6.42 Å². The summed E-state index contributed by atoms with van der Waals surface area (Å²) in [5, 5.41) is 12.0. The van der Waals surface area contributed by atoms with Crippen LogP contribution >= 0.6 is 0 Å². The van der Waals surface area contributed by atoms with Gasteiger partial charge in [-0.2, -0.15) is 5.10 Å². The van der Waals surface area contributed by atoms with Gasteiger partial charge < -0.3 is 5.32 Å². The number of rotatable bonds is 1. The lowest BCUT2D eigenvalue weighted by Crippen LogP contribution is -2.10. The van der Waals surface area contributed by atoms with Crippen molar-refractivity contribution in [3.63, 3.8) is 0 Å². The van der Waals surface area contributed by atoms with Crippen molar-refractivity contribution in [1.29, 1.82) is 0 Å². The molecule has 0 amide bonds. The van der Waals surface area contributed by atoms with E-state index in [-0.39, 0.29) is 0 Å². The van der Waals surface area contributed by atoms with Gasteiger partial charge >= 0.3 is 0 Å². The Kier molecular flexibility index (Phi) is 3.22. The molecule has 1 aliphatic heterocycles. The Morgan fingerprint density at radius 1 is 1.00 bits per heavy atom. The van der Waals surface area contributed by atoms with Crippen LogP contribution in [0.1, 0.15) is 24.8 Å². The van der Waals surface area contributed by atoms with Gasteiger partial charge in [0.15, 0.2) is 0 Å². The van der Waals surface area contributed by atoms with Gasteiger partial charge in [0.05, 0.1) is 11.9 Å². The number of nitrogens with zero attached hydrogens (tertiary/aromatic N) is 2. The first-order valence-electron chi connectivity index (χ1n) is 6.59. The predicted octanol–water partition coefficient (Wildman–Crippen LogP) is 3.28. The van der Waals surface area contributed by atoms with Crippen molar-refractivity contribution in [1.82, 2.24) is 10.2 Å². The lowest BCUT2D eigenvalue weighted by atomic mass is 10.0. The molecule has 1 aliphatic rings. The Hall–Kier alpha value is -1.90. The van der Waals surface area contributed by atoms with Gasteiger partial charge in [0.2, 0.25) is 0 Å². The molecule has 0 saturated carbocycles. The molecule has 2 heterocycles. The number of aromatic nitrogens is 2. The zero-order valence-corrected chi connectivity index (χ0v) is 10.4. The molecule has 3 heteroatoms. The molecule has 0 bridgehead atoms. The molecule has 1 aromatic carbocycles. The zero-order chi connectivity index (χ0) is 12.2. The van der Waals surface area contributed by atoms with Crippen molar-refractivity contribution in [2.24, 2.45) is 0 Å². The van der Waals surface area contributed by atoms with Crippen molar-refractivity contribution >= 4 is 5.69 Å². The maximum Gasteiger partial charge on any atom is 0.116 e. The van der Waals surface area contributed by atoms with Gasteiger partial charge in [-0.15, -0.1) is 5.10 Å². The van der Waals surface area contributed by atoms with Crippen molar-refractivity contribution in [2.45, 2.75) is 25.7 Å². The summed E-state index contributed by atoms with van der Waals surface area (Å²) in [6.45, 7) is 1.03. The summed E-state index contributed by atoms with van der Waals surface area (Å²) < 4.78 is 0. The van der Waals surface area contributed by atoms with Crippen molar-refractivity contribution in [3.8, 4) is 11.3 Å². The van der Waals surface area contributed by atoms with Gasteiger partial charge in [-0.3, -0.25) is 0 Å². The van der Waals surface area contributed by atoms with Crippen LogP contribution in [0.5, 0.6) is 0 Å². The van der Waals surface area contributed by atoms with Crippen LogP contribution in [-0.4, -0.2) is 16.7 Å². The first kappa shape index (κ1) is 11.2. The predicted molar refractivity (Wildman–Crippen MR) is 73.5 cm³/mol. The average molecular weight is 239 g/mol. The topological polar surface area (TPSA) is 37.8 Å². The van der Waals surface area contributed by atoms with Crippen molar-refractivity contribution in [3.05, 3.63) is 42.1 Å². The second-order valence-corrected chi connectivity index (χ2v) is 4.70. The van der Waals surface area contributed by atoms with Gasteiger partial charge in [-0.1, -0.05) is 36.8 Å². The molecule has 1 N–H and O–H groups in total. The van der Waals surface area contributed by atoms with E-state index >= 15 is 0 Å². The molecule has 2 aromatic rings. The highest BCUT2D eigenvalue weighted by atomic mass is 15.1. The molecule has 0 saturated heterocycles. The Balaban J connectivity index is 2.07. The van der Waals surface area contributed by atoms with Crippen LogP contribution in [0.15, 0.2) is 36.5 Å². The van der Waals surface area contributed by atoms with Crippen LogP contribution in [0.4, 0.5) is 5.69 Å². The van der Waals surface area contributed by atoms with Crippen LogP contribution in [0.25, 0.3) is 11.3 Å². The number of nitrogens with one attached hydrogen (secondary N) is 1. The third-order valence-corrected chi connectivity index (χ3v) is 3.40. The van der Waals surface area contributed by atoms with E-state index in [1.807, 2.05) is 24.4 Å². The quantitative estimate of drug-likeness (QED) is 0.829. The fourth-order valence-corrected chi connectivity index (χ4v) is 2.44. The number of benzene rings is 1. The van der Waals surface area contributed by atoms with E-state index in [0.29, 0.717) is 0 Å². The molecular weight excluding hydrogens is 222 g/mol. The van der Waals surface area contributed by atoms with Gasteiger partial charge in [-0.25, -0.2) is 0 Å². The maximum absolute atomic E-state index is 4.32. The number of hydrogen-bond donors (Lipinski definition) is 1. The fraction of sp³-hybridized carbons (Fsp3) is 0.333. The first-order valence-corrected chi connectivity index (χ1v) is 6.59. The Morgan fingerprint density at radius 3 is 2.78 bits per heavy atom. The van der Waals surface area contributed by atoms with Crippen LogP contribution < -0.4 is 5.32 Å². The number of fused-ring (bicyclic) bond motifs is 1. The number of aryl methyl sites for hydroxylation is 1. The van der Waals surface area contributed by atoms with E-state index in [1.165, 1.54) is 30.5 Å². The average Bonchev–Trinajstić information content (AvgIpc) is 2.40. The van der Waals surface area contributed by atoms with Gasteiger partial charge in [0, 0.05) is 12.1 Å².